The molecule has 25 heavy (non-hydrogen) atoms. The lowest BCUT2D eigenvalue weighted by Gasteiger charge is -2.49. The van der Waals surface area contributed by atoms with Crippen LogP contribution in [0.15, 0.2) is 0 Å². The Morgan fingerprint density at radius 1 is 0.880 bits per heavy atom. The second kappa shape index (κ2) is 11.3. The van der Waals surface area contributed by atoms with Crippen molar-refractivity contribution >= 4 is 17.3 Å². The van der Waals surface area contributed by atoms with Crippen molar-refractivity contribution in [2.24, 2.45) is 0 Å². The molecule has 0 aromatic heterocycles. The molecule has 0 bridgehead atoms. The van der Waals surface area contributed by atoms with E-state index in [9.17, 15) is 0 Å². The van der Waals surface area contributed by atoms with Crippen LogP contribution in [0.5, 0.6) is 0 Å². The van der Waals surface area contributed by atoms with Crippen LogP contribution in [0.25, 0.3) is 0 Å². The van der Waals surface area contributed by atoms with Crippen LogP contribution in [0.1, 0.15) is 72.6 Å². The van der Waals surface area contributed by atoms with Gasteiger partial charge in [-0.05, 0) is 65.1 Å². The second-order valence-corrected chi connectivity index (χ2v) is 7.92. The Morgan fingerprint density at radius 3 is 1.80 bits per heavy atom. The van der Waals surface area contributed by atoms with Crippen LogP contribution in [0, 0.1) is 0 Å². The average Bonchev–Trinajstić information content (AvgIpc) is 2.63. The van der Waals surface area contributed by atoms with Gasteiger partial charge in [0.05, 0.1) is 12.3 Å². The highest BCUT2D eigenvalue weighted by atomic mass is 32.1. The molecule has 1 saturated carbocycles. The Hall–Kier alpha value is -0.390. The van der Waals surface area contributed by atoms with E-state index in [1.165, 1.54) is 32.1 Å². The normalized spacial score (nSPS) is 18.4. The standard InChI is InChI=1S/C20H42N4S/c1-8-18(21(5)6)24(19(9-2)23(10-3)11-4)20(25)22(7)17-15-13-12-14-16-17/h17-19H,8-16H2,1-7H3. The number of hydrogen-bond acceptors (Lipinski definition) is 3. The minimum Gasteiger partial charge on any atom is -0.349 e. The van der Waals surface area contributed by atoms with E-state index in [0.717, 1.165) is 31.0 Å². The average molecular weight is 371 g/mol. The molecule has 0 aromatic carbocycles. The van der Waals surface area contributed by atoms with Crippen molar-refractivity contribution in [3.05, 3.63) is 0 Å². The summed E-state index contributed by atoms with van der Waals surface area (Å²) in [6.45, 7) is 11.2. The molecule has 1 aliphatic carbocycles. The van der Waals surface area contributed by atoms with Crippen LogP contribution < -0.4 is 0 Å². The smallest absolute Gasteiger partial charge is 0.174 e. The summed E-state index contributed by atoms with van der Waals surface area (Å²) in [4.78, 5) is 9.81. The summed E-state index contributed by atoms with van der Waals surface area (Å²) in [5.41, 5.74) is 0. The largest absolute Gasteiger partial charge is 0.349 e. The molecule has 0 radical (unpaired) electrons. The van der Waals surface area contributed by atoms with E-state index in [-0.39, 0.29) is 0 Å². The first-order valence-corrected chi connectivity index (χ1v) is 10.8. The Bertz CT molecular complexity index is 378. The van der Waals surface area contributed by atoms with E-state index in [0.29, 0.717) is 18.4 Å². The first-order valence-electron chi connectivity index (χ1n) is 10.4. The van der Waals surface area contributed by atoms with Gasteiger partial charge < -0.3 is 9.80 Å². The SMILES string of the molecule is CCC(N(C)C)N(C(=S)N(C)C1CCCCC1)C(CC)N(CC)CC. The molecule has 2 atom stereocenters. The van der Waals surface area contributed by atoms with Crippen molar-refractivity contribution < 1.29 is 0 Å². The van der Waals surface area contributed by atoms with Crippen LogP contribution in [0.4, 0.5) is 0 Å². The Labute approximate surface area is 162 Å². The quantitative estimate of drug-likeness (QED) is 0.444. The van der Waals surface area contributed by atoms with Gasteiger partial charge in [0.1, 0.15) is 0 Å². The highest BCUT2D eigenvalue weighted by Crippen LogP contribution is 2.26. The van der Waals surface area contributed by atoms with Crippen LogP contribution in [0.3, 0.4) is 0 Å². The molecule has 0 saturated heterocycles. The van der Waals surface area contributed by atoms with Crippen LogP contribution in [-0.4, -0.2) is 77.3 Å². The molecule has 4 nitrogen and oxygen atoms in total. The monoisotopic (exact) mass is 370 g/mol. The van der Waals surface area contributed by atoms with Gasteiger partial charge in [-0.15, -0.1) is 0 Å². The Kier molecular flexibility index (Phi) is 10.3. The summed E-state index contributed by atoms with van der Waals surface area (Å²) in [7, 11) is 6.58. The van der Waals surface area contributed by atoms with Crippen molar-refractivity contribution in [2.75, 3.05) is 34.2 Å². The van der Waals surface area contributed by atoms with E-state index in [4.69, 9.17) is 12.2 Å². The minimum atomic E-state index is 0.337. The van der Waals surface area contributed by atoms with Gasteiger partial charge in [0.15, 0.2) is 5.11 Å². The topological polar surface area (TPSA) is 13.0 Å². The number of nitrogens with zero attached hydrogens (tertiary/aromatic N) is 4. The predicted molar refractivity (Wildman–Crippen MR) is 114 cm³/mol. The minimum absolute atomic E-state index is 0.337. The fourth-order valence-corrected chi connectivity index (χ4v) is 4.74. The Morgan fingerprint density at radius 2 is 1.40 bits per heavy atom. The summed E-state index contributed by atoms with van der Waals surface area (Å²) in [5, 5.41) is 1.03. The maximum absolute atomic E-state index is 6.10. The van der Waals surface area contributed by atoms with Gasteiger partial charge in [0.2, 0.25) is 0 Å². The maximum atomic E-state index is 6.10. The third kappa shape index (κ3) is 5.80. The van der Waals surface area contributed by atoms with Gasteiger partial charge in [-0.1, -0.05) is 47.0 Å². The number of hydrogen-bond donors (Lipinski definition) is 0. The molecule has 1 aliphatic rings. The molecular weight excluding hydrogens is 328 g/mol. The van der Waals surface area contributed by atoms with Crippen LogP contribution in [0.2, 0.25) is 0 Å². The highest BCUT2D eigenvalue weighted by molar-refractivity contribution is 7.80. The molecule has 5 heteroatoms. The molecule has 0 N–H and O–H groups in total. The molecule has 0 aliphatic heterocycles. The van der Waals surface area contributed by atoms with E-state index in [1.54, 1.807) is 0 Å². The summed E-state index contributed by atoms with van der Waals surface area (Å²) in [5.74, 6) is 0. The number of rotatable bonds is 9. The lowest BCUT2D eigenvalue weighted by molar-refractivity contribution is 0.00969. The molecule has 0 heterocycles. The lowest BCUT2D eigenvalue weighted by atomic mass is 9.95. The molecule has 0 amide bonds. The Balaban J connectivity index is 3.12. The van der Waals surface area contributed by atoms with Crippen molar-refractivity contribution in [3.8, 4) is 0 Å². The summed E-state index contributed by atoms with van der Waals surface area (Å²) in [6, 6.07) is 0.609. The molecule has 148 valence electrons. The van der Waals surface area contributed by atoms with Crippen molar-refractivity contribution in [1.29, 1.82) is 0 Å². The third-order valence-electron chi connectivity index (χ3n) is 5.85. The highest BCUT2D eigenvalue weighted by Gasteiger charge is 2.34. The summed E-state index contributed by atoms with van der Waals surface area (Å²) < 4.78 is 0. The molecule has 1 fully saturated rings. The fraction of sp³-hybridized carbons (Fsp3) is 0.950. The van der Waals surface area contributed by atoms with Crippen LogP contribution >= 0.6 is 12.2 Å². The molecule has 2 unspecified atom stereocenters. The maximum Gasteiger partial charge on any atom is 0.174 e. The van der Waals surface area contributed by atoms with Crippen molar-refractivity contribution in [1.82, 2.24) is 19.6 Å². The molecule has 0 spiro atoms. The molecule has 0 aromatic rings. The first kappa shape index (κ1) is 22.7. The van der Waals surface area contributed by atoms with E-state index >= 15 is 0 Å². The van der Waals surface area contributed by atoms with Gasteiger partial charge in [-0.2, -0.15) is 0 Å². The van der Waals surface area contributed by atoms with E-state index < -0.39 is 0 Å². The zero-order valence-electron chi connectivity index (χ0n) is 17.8. The van der Waals surface area contributed by atoms with E-state index in [2.05, 4.69) is 68.4 Å². The van der Waals surface area contributed by atoms with Crippen LogP contribution in [-0.2, 0) is 0 Å². The van der Waals surface area contributed by atoms with Crippen molar-refractivity contribution in [3.63, 3.8) is 0 Å². The fourth-order valence-electron chi connectivity index (χ4n) is 4.35. The summed E-state index contributed by atoms with van der Waals surface area (Å²) in [6.07, 6.45) is 9.49. The van der Waals surface area contributed by atoms with Gasteiger partial charge in [-0.3, -0.25) is 9.80 Å². The third-order valence-corrected chi connectivity index (χ3v) is 6.35. The lowest BCUT2D eigenvalue weighted by Crippen LogP contribution is -2.62. The van der Waals surface area contributed by atoms with E-state index in [1.807, 2.05) is 0 Å². The van der Waals surface area contributed by atoms with Gasteiger partial charge >= 0.3 is 0 Å². The zero-order chi connectivity index (χ0) is 19.0. The molecule has 1 rings (SSSR count). The number of thiocarbonyl (C=S) groups is 1. The van der Waals surface area contributed by atoms with Gasteiger partial charge in [0, 0.05) is 13.1 Å². The van der Waals surface area contributed by atoms with Crippen molar-refractivity contribution in [2.45, 2.75) is 91.0 Å². The molecular formula is C20H42N4S. The zero-order valence-corrected chi connectivity index (χ0v) is 18.6. The second-order valence-electron chi connectivity index (χ2n) is 7.56. The van der Waals surface area contributed by atoms with Gasteiger partial charge in [-0.25, -0.2) is 0 Å². The predicted octanol–water partition coefficient (Wildman–Crippen LogP) is 4.21. The first-order chi connectivity index (χ1) is 11.9. The van der Waals surface area contributed by atoms with Gasteiger partial charge in [0.25, 0.3) is 0 Å². The summed E-state index contributed by atoms with van der Waals surface area (Å²) >= 11 is 6.10.